The normalized spacial score (nSPS) is 10.5. The van der Waals surface area contributed by atoms with Crippen molar-refractivity contribution in [3.8, 4) is 0 Å². The van der Waals surface area contributed by atoms with Gasteiger partial charge in [-0.15, -0.1) is 0 Å². The van der Waals surface area contributed by atoms with Gasteiger partial charge in [-0.05, 0) is 6.42 Å². The van der Waals surface area contributed by atoms with E-state index in [9.17, 15) is 4.79 Å². The Labute approximate surface area is 38.2 Å². The molecule has 0 fully saturated rings. The zero-order chi connectivity index (χ0) is 5.70. The minimum Gasteiger partial charge on any atom is -0.396 e. The van der Waals surface area contributed by atoms with Crippen LogP contribution in [-0.4, -0.2) is 18.0 Å². The Kier molecular flexibility index (Phi) is 2.94. The fraction of sp³-hybridized carbons (Fsp3) is 0.750. The minimum atomic E-state index is -0.603. The van der Waals surface area contributed by atoms with Gasteiger partial charge >= 0.3 is 0 Å². The molecule has 0 rings (SSSR count). The van der Waals surface area contributed by atoms with Crippen LogP contribution in [0.4, 0.5) is 0 Å². The van der Waals surface area contributed by atoms with E-state index in [0.29, 0.717) is 6.42 Å². The Bertz CT molecular complexity index is 62.7. The smallest absolute Gasteiger partial charge is 0.120 e. The Morgan fingerprint density at radius 3 is 2.83 bits per heavy atom. The number of carbonyl (C=O) groups excluding carboxylic acids is 1. The molecular weight excluding hydrogens is 80.0 g/mol. The number of rotatable bonds is 3. The van der Waals surface area contributed by atoms with E-state index in [0.717, 1.165) is 0 Å². The highest BCUT2D eigenvalue weighted by Gasteiger charge is 1.76. The van der Waals surface area contributed by atoms with E-state index in [2.05, 4.69) is 0 Å². The molecule has 0 amide bonds. The van der Waals surface area contributed by atoms with Crippen molar-refractivity contribution >= 4 is 6.26 Å². The van der Waals surface area contributed by atoms with Gasteiger partial charge in [-0.25, -0.2) is 0 Å². The molecule has 0 atom stereocenters. The molecule has 0 radical (unpaired) electrons. The molecule has 36 valence electrons. The van der Waals surface area contributed by atoms with Gasteiger partial charge < -0.3 is 9.90 Å². The fourth-order valence-corrected chi connectivity index (χ4v) is 0.151. The Morgan fingerprint density at radius 2 is 2.67 bits per heavy atom. The van der Waals surface area contributed by atoms with Crippen molar-refractivity contribution < 1.29 is 11.3 Å². The summed E-state index contributed by atoms with van der Waals surface area (Å²) in [6, 6.07) is 0. The molecule has 0 heterocycles. The van der Waals surface area contributed by atoms with Crippen molar-refractivity contribution in [2.75, 3.05) is 6.61 Å². The van der Waals surface area contributed by atoms with Crippen LogP contribution in [0.2, 0.25) is 0 Å². The Morgan fingerprint density at radius 1 is 2.00 bits per heavy atom. The number of carbonyl (C=O) groups is 1. The third-order valence-electron chi connectivity index (χ3n) is 0.437. The quantitative estimate of drug-likeness (QED) is 0.492. The number of hydrogen-bond acceptors (Lipinski definition) is 2. The van der Waals surface area contributed by atoms with E-state index >= 15 is 0 Å². The summed E-state index contributed by atoms with van der Waals surface area (Å²) in [4.78, 5) is 9.76. The molecule has 0 aliphatic heterocycles. The first-order chi connectivity index (χ1) is 3.27. The first kappa shape index (κ1) is 3.81. The van der Waals surface area contributed by atoms with Crippen LogP contribution in [0.1, 0.15) is 14.2 Å². The van der Waals surface area contributed by atoms with Crippen molar-refractivity contribution in [2.24, 2.45) is 0 Å². The van der Waals surface area contributed by atoms with Crippen LogP contribution in [0.25, 0.3) is 0 Å². The van der Waals surface area contributed by atoms with Crippen LogP contribution in [0.15, 0.2) is 0 Å². The van der Waals surface area contributed by atoms with E-state index in [1.165, 1.54) is 0 Å². The number of hydrogen-bond donors (Lipinski definition) is 1. The van der Waals surface area contributed by atoms with Gasteiger partial charge in [0, 0.05) is 13.0 Å². The molecule has 1 N–H and O–H groups in total. The fourth-order valence-electron chi connectivity index (χ4n) is 0.151. The first-order valence-electron chi connectivity index (χ1n) is 2.37. The molecule has 0 aromatic heterocycles. The molecule has 2 nitrogen and oxygen atoms in total. The molecule has 6 heavy (non-hydrogen) atoms. The third kappa shape index (κ3) is 3.63. The summed E-state index contributed by atoms with van der Waals surface area (Å²) in [7, 11) is 0. The molecule has 0 unspecified atom stereocenters. The lowest BCUT2D eigenvalue weighted by Crippen LogP contribution is -1.80. The average molecular weight is 89.1 g/mol. The van der Waals surface area contributed by atoms with Crippen molar-refractivity contribution in [3.05, 3.63) is 0 Å². The molecule has 0 saturated heterocycles. The molecule has 0 spiro atoms. The highest BCUT2D eigenvalue weighted by molar-refractivity contribution is 5.48. The summed E-state index contributed by atoms with van der Waals surface area (Å²) in [5.74, 6) is 0. The lowest BCUT2D eigenvalue weighted by molar-refractivity contribution is -0.108. The average Bonchev–Trinajstić information content (AvgIpc) is 1.61. The standard InChI is InChI=1S/C4H8O2/c5-3-1-2-4-6/h3,6H,1-2,4H2/i3D. The van der Waals surface area contributed by atoms with Gasteiger partial charge in [0.05, 0.1) is 0 Å². The Hall–Kier alpha value is -0.370. The second kappa shape index (κ2) is 4.63. The molecule has 0 saturated carbocycles. The van der Waals surface area contributed by atoms with Crippen LogP contribution >= 0.6 is 0 Å². The van der Waals surface area contributed by atoms with Crippen LogP contribution in [0, 0.1) is 0 Å². The number of aliphatic hydroxyl groups excluding tert-OH is 1. The van der Waals surface area contributed by atoms with Crippen molar-refractivity contribution in [2.45, 2.75) is 12.8 Å². The van der Waals surface area contributed by atoms with Crippen molar-refractivity contribution in [3.63, 3.8) is 0 Å². The molecule has 0 aromatic carbocycles. The Balaban J connectivity index is 2.82. The predicted molar refractivity (Wildman–Crippen MR) is 22.4 cm³/mol. The molecule has 0 aliphatic carbocycles. The minimum absolute atomic E-state index is 0.00458. The summed E-state index contributed by atoms with van der Waals surface area (Å²) in [5, 5.41) is 8.08. The number of aliphatic hydroxyl groups is 1. The summed E-state index contributed by atoms with van der Waals surface area (Å²) in [6.45, 7) is 0.00458. The van der Waals surface area contributed by atoms with E-state index in [-0.39, 0.29) is 13.0 Å². The highest BCUT2D eigenvalue weighted by atomic mass is 16.3. The summed E-state index contributed by atoms with van der Waals surface area (Å²) >= 11 is 0. The first-order valence-corrected chi connectivity index (χ1v) is 1.87. The summed E-state index contributed by atoms with van der Waals surface area (Å²) in [5.41, 5.74) is 0. The number of aldehydes is 1. The van der Waals surface area contributed by atoms with Gasteiger partial charge in [0.15, 0.2) is 0 Å². The maximum absolute atomic E-state index is 9.76. The zero-order valence-electron chi connectivity index (χ0n) is 4.48. The lowest BCUT2D eigenvalue weighted by atomic mass is 10.4. The van der Waals surface area contributed by atoms with Crippen molar-refractivity contribution in [1.82, 2.24) is 0 Å². The van der Waals surface area contributed by atoms with Gasteiger partial charge in [-0.3, -0.25) is 0 Å². The predicted octanol–water partition coefficient (Wildman–Crippen LogP) is -0.0422. The SMILES string of the molecule is [2H]C(=O)CCCO. The van der Waals surface area contributed by atoms with E-state index in [1.54, 1.807) is 0 Å². The molecule has 2 heteroatoms. The lowest BCUT2D eigenvalue weighted by Gasteiger charge is -1.79. The van der Waals surface area contributed by atoms with E-state index < -0.39 is 6.26 Å². The second-order valence-electron chi connectivity index (χ2n) is 0.971. The van der Waals surface area contributed by atoms with Gasteiger partial charge in [-0.1, -0.05) is 0 Å². The maximum Gasteiger partial charge on any atom is 0.120 e. The second-order valence-corrected chi connectivity index (χ2v) is 0.971. The van der Waals surface area contributed by atoms with E-state index in [4.69, 9.17) is 6.48 Å². The molecular formula is C4H8O2. The largest absolute Gasteiger partial charge is 0.396 e. The topological polar surface area (TPSA) is 37.3 Å². The van der Waals surface area contributed by atoms with E-state index in [1.807, 2.05) is 0 Å². The summed E-state index contributed by atoms with van der Waals surface area (Å²) in [6.07, 6.45) is -0.00667. The maximum atomic E-state index is 9.76. The molecule has 0 bridgehead atoms. The van der Waals surface area contributed by atoms with Crippen LogP contribution in [0.3, 0.4) is 0 Å². The third-order valence-corrected chi connectivity index (χ3v) is 0.437. The van der Waals surface area contributed by atoms with Crippen LogP contribution in [-0.2, 0) is 4.79 Å². The summed E-state index contributed by atoms with van der Waals surface area (Å²) < 4.78 is 6.33. The molecule has 0 aliphatic rings. The van der Waals surface area contributed by atoms with Crippen LogP contribution in [0.5, 0.6) is 0 Å². The van der Waals surface area contributed by atoms with Gasteiger partial charge in [-0.2, -0.15) is 0 Å². The van der Waals surface area contributed by atoms with Crippen molar-refractivity contribution in [1.29, 1.82) is 0 Å². The highest BCUT2D eigenvalue weighted by Crippen LogP contribution is 1.77. The van der Waals surface area contributed by atoms with Gasteiger partial charge in [0.1, 0.15) is 7.63 Å². The monoisotopic (exact) mass is 89.1 g/mol. The van der Waals surface area contributed by atoms with Gasteiger partial charge in [0.25, 0.3) is 0 Å². The van der Waals surface area contributed by atoms with Crippen LogP contribution < -0.4 is 0 Å². The zero-order valence-corrected chi connectivity index (χ0v) is 3.48. The molecule has 0 aromatic rings. The van der Waals surface area contributed by atoms with Gasteiger partial charge in [0.2, 0.25) is 0 Å².